The molecule has 0 saturated heterocycles. The van der Waals surface area contributed by atoms with Crippen molar-refractivity contribution in [3.63, 3.8) is 0 Å². The van der Waals surface area contributed by atoms with Crippen molar-refractivity contribution >= 4 is 10.0 Å². The zero-order valence-corrected chi connectivity index (χ0v) is 13.0. The van der Waals surface area contributed by atoms with Crippen LogP contribution in [0.25, 0.3) is 0 Å². The van der Waals surface area contributed by atoms with E-state index in [0.717, 1.165) is 12.0 Å². The van der Waals surface area contributed by atoms with Gasteiger partial charge in [-0.15, -0.1) is 0 Å². The summed E-state index contributed by atoms with van der Waals surface area (Å²) in [4.78, 5) is 4.42. The molecule has 0 saturated carbocycles. The second kappa shape index (κ2) is 6.38. The first kappa shape index (κ1) is 15.7. The molecule has 0 bridgehead atoms. The first-order valence-electron chi connectivity index (χ1n) is 6.66. The van der Waals surface area contributed by atoms with Crippen LogP contribution in [0.3, 0.4) is 0 Å². The standard InChI is InChI=1S/C14H20N4O2S/c1-17-10-9-16-14(17)11-18(2)21(19,20)13-5-3-12(4-6-13)7-8-15/h3-6,9-10H,7-8,11,15H2,1-2H3. The van der Waals surface area contributed by atoms with E-state index in [1.165, 1.54) is 4.31 Å². The fourth-order valence-electron chi connectivity index (χ4n) is 2.01. The minimum absolute atomic E-state index is 0.233. The van der Waals surface area contributed by atoms with Crippen molar-refractivity contribution in [3.05, 3.63) is 48.0 Å². The lowest BCUT2D eigenvalue weighted by molar-refractivity contribution is 0.451. The van der Waals surface area contributed by atoms with Crippen LogP contribution in [-0.4, -0.2) is 35.9 Å². The Kier molecular flexibility index (Phi) is 4.76. The number of hydrogen-bond donors (Lipinski definition) is 1. The maximum Gasteiger partial charge on any atom is 0.243 e. The molecule has 2 aromatic rings. The van der Waals surface area contributed by atoms with E-state index >= 15 is 0 Å². The van der Waals surface area contributed by atoms with Crippen LogP contribution in [0.5, 0.6) is 0 Å². The lowest BCUT2D eigenvalue weighted by Crippen LogP contribution is -2.27. The number of rotatable bonds is 6. The Morgan fingerprint density at radius 3 is 2.48 bits per heavy atom. The van der Waals surface area contributed by atoms with Crippen molar-refractivity contribution in [2.24, 2.45) is 12.8 Å². The summed E-state index contributed by atoms with van der Waals surface area (Å²) in [5.41, 5.74) is 6.52. The van der Waals surface area contributed by atoms with E-state index in [4.69, 9.17) is 5.73 Å². The van der Waals surface area contributed by atoms with Crippen LogP contribution in [0.15, 0.2) is 41.6 Å². The highest BCUT2D eigenvalue weighted by atomic mass is 32.2. The molecule has 0 aliphatic carbocycles. The predicted molar refractivity (Wildman–Crippen MR) is 81.1 cm³/mol. The summed E-state index contributed by atoms with van der Waals surface area (Å²) in [6.45, 7) is 0.779. The van der Waals surface area contributed by atoms with Gasteiger partial charge in [0, 0.05) is 26.5 Å². The maximum atomic E-state index is 12.5. The van der Waals surface area contributed by atoms with Gasteiger partial charge in [0.15, 0.2) is 0 Å². The SMILES string of the molecule is CN(Cc1nccn1C)S(=O)(=O)c1ccc(CCN)cc1. The highest BCUT2D eigenvalue weighted by Gasteiger charge is 2.21. The molecule has 2 rings (SSSR count). The largest absolute Gasteiger partial charge is 0.337 e. The molecule has 7 heteroatoms. The summed E-state index contributed by atoms with van der Waals surface area (Å²) < 4.78 is 28.1. The van der Waals surface area contributed by atoms with Crippen LogP contribution in [0.1, 0.15) is 11.4 Å². The average Bonchev–Trinajstić information content (AvgIpc) is 2.85. The van der Waals surface area contributed by atoms with Crippen LogP contribution in [0.4, 0.5) is 0 Å². The van der Waals surface area contributed by atoms with Crippen molar-refractivity contribution in [1.82, 2.24) is 13.9 Å². The molecular weight excluding hydrogens is 288 g/mol. The zero-order chi connectivity index (χ0) is 15.5. The van der Waals surface area contributed by atoms with Gasteiger partial charge in [0.05, 0.1) is 11.4 Å². The quantitative estimate of drug-likeness (QED) is 0.853. The van der Waals surface area contributed by atoms with Gasteiger partial charge in [0.2, 0.25) is 10.0 Å². The molecule has 0 amide bonds. The Hall–Kier alpha value is -1.70. The summed E-state index contributed by atoms with van der Waals surface area (Å²) >= 11 is 0. The molecule has 2 N–H and O–H groups in total. The smallest absolute Gasteiger partial charge is 0.243 e. The second-order valence-electron chi connectivity index (χ2n) is 4.90. The van der Waals surface area contributed by atoms with Gasteiger partial charge in [-0.3, -0.25) is 0 Å². The molecule has 114 valence electrons. The minimum Gasteiger partial charge on any atom is -0.337 e. The van der Waals surface area contributed by atoms with Crippen molar-refractivity contribution in [2.45, 2.75) is 17.9 Å². The highest BCUT2D eigenvalue weighted by molar-refractivity contribution is 7.89. The lowest BCUT2D eigenvalue weighted by Gasteiger charge is -2.17. The molecule has 0 spiro atoms. The van der Waals surface area contributed by atoms with Gasteiger partial charge in [0.1, 0.15) is 5.82 Å². The Morgan fingerprint density at radius 2 is 1.95 bits per heavy atom. The molecule has 0 aliphatic heterocycles. The van der Waals surface area contributed by atoms with Gasteiger partial charge in [-0.25, -0.2) is 13.4 Å². The molecule has 1 aromatic carbocycles. The third-order valence-corrected chi connectivity index (χ3v) is 5.17. The summed E-state index contributed by atoms with van der Waals surface area (Å²) in [6, 6.07) is 6.84. The molecule has 0 radical (unpaired) electrons. The first-order chi connectivity index (χ1) is 9.95. The van der Waals surface area contributed by atoms with Gasteiger partial charge < -0.3 is 10.3 Å². The number of nitrogens with two attached hydrogens (primary N) is 1. The Balaban J connectivity index is 2.18. The van der Waals surface area contributed by atoms with E-state index in [-0.39, 0.29) is 11.4 Å². The van der Waals surface area contributed by atoms with Crippen molar-refractivity contribution in [2.75, 3.05) is 13.6 Å². The Morgan fingerprint density at radius 1 is 1.29 bits per heavy atom. The third kappa shape index (κ3) is 3.49. The monoisotopic (exact) mass is 308 g/mol. The molecule has 1 heterocycles. The number of benzene rings is 1. The normalized spacial score (nSPS) is 12.0. The summed E-state index contributed by atoms with van der Waals surface area (Å²) in [6.07, 6.45) is 4.18. The molecular formula is C14H20N4O2S. The fourth-order valence-corrected chi connectivity index (χ4v) is 3.13. The van der Waals surface area contributed by atoms with Crippen molar-refractivity contribution in [1.29, 1.82) is 0 Å². The van der Waals surface area contributed by atoms with Gasteiger partial charge in [0.25, 0.3) is 0 Å². The van der Waals surface area contributed by atoms with E-state index in [1.807, 2.05) is 7.05 Å². The van der Waals surface area contributed by atoms with Gasteiger partial charge in [-0.2, -0.15) is 4.31 Å². The minimum atomic E-state index is -3.51. The molecule has 0 atom stereocenters. The first-order valence-corrected chi connectivity index (χ1v) is 8.10. The third-order valence-electron chi connectivity index (χ3n) is 3.35. The van der Waals surface area contributed by atoms with E-state index in [2.05, 4.69) is 4.98 Å². The molecule has 6 nitrogen and oxygen atoms in total. The number of aryl methyl sites for hydroxylation is 1. The molecule has 0 fully saturated rings. The predicted octanol–water partition coefficient (Wildman–Crippen LogP) is 0.742. The summed E-state index contributed by atoms with van der Waals surface area (Å²) in [7, 11) is -0.124. The maximum absolute atomic E-state index is 12.5. The van der Waals surface area contributed by atoms with Crippen LogP contribution < -0.4 is 5.73 Å². The lowest BCUT2D eigenvalue weighted by atomic mass is 10.2. The van der Waals surface area contributed by atoms with Crippen molar-refractivity contribution < 1.29 is 8.42 Å². The van der Waals surface area contributed by atoms with Crippen LogP contribution in [0, 0.1) is 0 Å². The van der Waals surface area contributed by atoms with Crippen LogP contribution >= 0.6 is 0 Å². The van der Waals surface area contributed by atoms with E-state index in [0.29, 0.717) is 12.4 Å². The number of imidazole rings is 1. The van der Waals surface area contributed by atoms with Crippen LogP contribution in [0.2, 0.25) is 0 Å². The molecule has 1 aromatic heterocycles. The average molecular weight is 308 g/mol. The number of nitrogens with zero attached hydrogens (tertiary/aromatic N) is 3. The molecule has 0 unspecified atom stereocenters. The molecule has 21 heavy (non-hydrogen) atoms. The van der Waals surface area contributed by atoms with Crippen molar-refractivity contribution in [3.8, 4) is 0 Å². The highest BCUT2D eigenvalue weighted by Crippen LogP contribution is 2.17. The second-order valence-corrected chi connectivity index (χ2v) is 6.94. The van der Waals surface area contributed by atoms with E-state index < -0.39 is 10.0 Å². The van der Waals surface area contributed by atoms with E-state index in [9.17, 15) is 8.42 Å². The Labute approximate surface area is 125 Å². The fraction of sp³-hybridized carbons (Fsp3) is 0.357. The number of aromatic nitrogens is 2. The zero-order valence-electron chi connectivity index (χ0n) is 12.2. The van der Waals surface area contributed by atoms with E-state index in [1.54, 1.807) is 48.3 Å². The van der Waals surface area contributed by atoms with Gasteiger partial charge >= 0.3 is 0 Å². The van der Waals surface area contributed by atoms with Gasteiger partial charge in [-0.1, -0.05) is 12.1 Å². The number of sulfonamides is 1. The number of hydrogen-bond acceptors (Lipinski definition) is 4. The topological polar surface area (TPSA) is 81.2 Å². The van der Waals surface area contributed by atoms with Gasteiger partial charge in [-0.05, 0) is 30.7 Å². The Bertz CT molecular complexity index is 692. The van der Waals surface area contributed by atoms with Crippen LogP contribution in [-0.2, 0) is 30.0 Å². The summed E-state index contributed by atoms with van der Waals surface area (Å²) in [5, 5.41) is 0. The summed E-state index contributed by atoms with van der Waals surface area (Å²) in [5.74, 6) is 0.695. The molecule has 0 aliphatic rings.